The summed E-state index contributed by atoms with van der Waals surface area (Å²) in [6, 6.07) is 7.85. The zero-order chi connectivity index (χ0) is 10.8. The minimum atomic E-state index is -0.717. The topological polar surface area (TPSA) is 26.3 Å². The number of hydrogen-bond acceptors (Lipinski definition) is 3. The highest BCUT2D eigenvalue weighted by Crippen LogP contribution is 2.33. The molecular weight excluding hydrogens is 232 g/mol. The Morgan fingerprint density at radius 2 is 2.20 bits per heavy atom. The minimum Gasteiger partial charge on any atom is -0.468 e. The lowest BCUT2D eigenvalue weighted by Gasteiger charge is -2.05. The van der Waals surface area contributed by atoms with E-state index in [-0.39, 0.29) is 0 Å². The molecule has 0 aliphatic heterocycles. The van der Waals surface area contributed by atoms with Gasteiger partial charge in [-0.15, -0.1) is 22.9 Å². The molecule has 2 nitrogen and oxygen atoms in total. The van der Waals surface area contributed by atoms with Crippen LogP contribution in [-0.2, 0) is 9.53 Å². The molecule has 0 N–H and O–H groups in total. The van der Waals surface area contributed by atoms with E-state index in [2.05, 4.69) is 4.74 Å². The largest absolute Gasteiger partial charge is 0.468 e. The number of benzene rings is 1. The van der Waals surface area contributed by atoms with Gasteiger partial charge < -0.3 is 4.74 Å². The van der Waals surface area contributed by atoms with Gasteiger partial charge in [0.05, 0.1) is 7.11 Å². The van der Waals surface area contributed by atoms with Gasteiger partial charge >= 0.3 is 5.97 Å². The van der Waals surface area contributed by atoms with E-state index >= 15 is 0 Å². The maximum atomic E-state index is 11.3. The SMILES string of the molecule is COC(=O)C(Cl)c1csc2ccccc12. The second-order valence-corrected chi connectivity index (χ2v) is 4.42. The molecule has 4 heteroatoms. The number of carbonyl (C=O) groups is 1. The minimum absolute atomic E-state index is 0.416. The number of esters is 1. The maximum absolute atomic E-state index is 11.3. The third kappa shape index (κ3) is 1.85. The maximum Gasteiger partial charge on any atom is 0.328 e. The first-order valence-corrected chi connectivity index (χ1v) is 5.73. The summed E-state index contributed by atoms with van der Waals surface area (Å²) in [5.74, 6) is -0.416. The molecule has 1 aromatic carbocycles. The molecule has 0 aliphatic carbocycles. The van der Waals surface area contributed by atoms with Crippen molar-refractivity contribution in [2.75, 3.05) is 7.11 Å². The molecule has 0 amide bonds. The van der Waals surface area contributed by atoms with Gasteiger partial charge in [-0.05, 0) is 22.4 Å². The first-order valence-electron chi connectivity index (χ1n) is 4.42. The van der Waals surface area contributed by atoms with Crippen molar-refractivity contribution >= 4 is 39.0 Å². The molecule has 1 unspecified atom stereocenters. The molecule has 0 spiro atoms. The Hall–Kier alpha value is -1.06. The van der Waals surface area contributed by atoms with Gasteiger partial charge in [-0.2, -0.15) is 0 Å². The van der Waals surface area contributed by atoms with Gasteiger partial charge in [0.25, 0.3) is 0 Å². The van der Waals surface area contributed by atoms with Crippen LogP contribution in [0.3, 0.4) is 0 Å². The molecule has 0 saturated heterocycles. The van der Waals surface area contributed by atoms with Crippen LogP contribution in [0.1, 0.15) is 10.9 Å². The Morgan fingerprint density at radius 3 is 2.93 bits per heavy atom. The molecule has 1 heterocycles. The number of thiophene rings is 1. The Labute approximate surface area is 96.4 Å². The molecule has 0 aliphatic rings. The van der Waals surface area contributed by atoms with E-state index in [1.165, 1.54) is 7.11 Å². The van der Waals surface area contributed by atoms with Gasteiger partial charge in [-0.1, -0.05) is 18.2 Å². The third-order valence-corrected chi connectivity index (χ3v) is 3.59. The van der Waals surface area contributed by atoms with Crippen molar-refractivity contribution in [1.82, 2.24) is 0 Å². The molecule has 2 aromatic rings. The smallest absolute Gasteiger partial charge is 0.328 e. The number of ether oxygens (including phenoxy) is 1. The summed E-state index contributed by atoms with van der Waals surface area (Å²) in [5.41, 5.74) is 0.823. The van der Waals surface area contributed by atoms with Crippen LogP contribution in [0.2, 0.25) is 0 Å². The summed E-state index contributed by atoms with van der Waals surface area (Å²) in [4.78, 5) is 11.3. The van der Waals surface area contributed by atoms with Crippen molar-refractivity contribution in [3.63, 3.8) is 0 Å². The van der Waals surface area contributed by atoms with Gasteiger partial charge in [-0.3, -0.25) is 4.79 Å². The van der Waals surface area contributed by atoms with Crippen LogP contribution in [0, 0.1) is 0 Å². The fraction of sp³-hybridized carbons (Fsp3) is 0.182. The Morgan fingerprint density at radius 1 is 1.47 bits per heavy atom. The molecule has 0 fully saturated rings. The number of alkyl halides is 1. The lowest BCUT2D eigenvalue weighted by Crippen LogP contribution is -2.07. The Bertz CT molecular complexity index is 492. The average molecular weight is 241 g/mol. The summed E-state index contributed by atoms with van der Waals surface area (Å²) in [5, 5.41) is 2.21. The highest BCUT2D eigenvalue weighted by atomic mass is 35.5. The zero-order valence-corrected chi connectivity index (χ0v) is 9.64. The van der Waals surface area contributed by atoms with Crippen LogP contribution in [0.4, 0.5) is 0 Å². The van der Waals surface area contributed by atoms with Crippen molar-refractivity contribution in [3.8, 4) is 0 Å². The predicted molar refractivity (Wildman–Crippen MR) is 62.4 cm³/mol. The predicted octanol–water partition coefficient (Wildman–Crippen LogP) is 3.35. The number of carbonyl (C=O) groups excluding carboxylic acids is 1. The summed E-state index contributed by atoms with van der Waals surface area (Å²) < 4.78 is 5.75. The van der Waals surface area contributed by atoms with Crippen molar-refractivity contribution < 1.29 is 9.53 Å². The first-order chi connectivity index (χ1) is 7.24. The van der Waals surface area contributed by atoms with E-state index in [1.807, 2.05) is 29.6 Å². The standard InChI is InChI=1S/C11H9ClO2S/c1-14-11(13)10(12)8-6-15-9-5-3-2-4-7(8)9/h2-6,10H,1H3. The molecule has 15 heavy (non-hydrogen) atoms. The van der Waals surface area contributed by atoms with Gasteiger partial charge in [0, 0.05) is 4.70 Å². The van der Waals surface area contributed by atoms with Crippen LogP contribution < -0.4 is 0 Å². The lowest BCUT2D eigenvalue weighted by atomic mass is 10.1. The monoisotopic (exact) mass is 240 g/mol. The van der Waals surface area contributed by atoms with Crippen molar-refractivity contribution in [3.05, 3.63) is 35.2 Å². The highest BCUT2D eigenvalue weighted by molar-refractivity contribution is 7.17. The third-order valence-electron chi connectivity index (χ3n) is 2.19. The fourth-order valence-corrected chi connectivity index (χ4v) is 2.76. The number of methoxy groups -OCH3 is 1. The van der Waals surface area contributed by atoms with Crippen molar-refractivity contribution in [2.24, 2.45) is 0 Å². The van der Waals surface area contributed by atoms with Crippen LogP contribution in [0.5, 0.6) is 0 Å². The number of hydrogen-bond donors (Lipinski definition) is 0. The molecule has 0 radical (unpaired) electrons. The fourth-order valence-electron chi connectivity index (χ4n) is 1.43. The van der Waals surface area contributed by atoms with Crippen LogP contribution in [0.25, 0.3) is 10.1 Å². The van der Waals surface area contributed by atoms with Crippen LogP contribution in [0.15, 0.2) is 29.6 Å². The molecule has 0 saturated carbocycles. The molecule has 1 aromatic heterocycles. The van der Waals surface area contributed by atoms with Crippen molar-refractivity contribution in [2.45, 2.75) is 5.38 Å². The summed E-state index contributed by atoms with van der Waals surface area (Å²) in [7, 11) is 1.34. The lowest BCUT2D eigenvalue weighted by molar-refractivity contribution is -0.140. The molecule has 78 valence electrons. The number of halogens is 1. The highest BCUT2D eigenvalue weighted by Gasteiger charge is 2.21. The quantitative estimate of drug-likeness (QED) is 0.594. The van der Waals surface area contributed by atoms with Gasteiger partial charge in [0.15, 0.2) is 5.38 Å². The second-order valence-electron chi connectivity index (χ2n) is 3.07. The molecule has 2 rings (SSSR count). The molecule has 1 atom stereocenters. The zero-order valence-electron chi connectivity index (χ0n) is 8.07. The number of rotatable bonds is 2. The molecule has 0 bridgehead atoms. The number of fused-ring (bicyclic) bond motifs is 1. The first kappa shape index (κ1) is 10.5. The Balaban J connectivity index is 2.48. The van der Waals surface area contributed by atoms with E-state index in [0.29, 0.717) is 0 Å². The summed E-state index contributed by atoms with van der Waals surface area (Å²) in [6.07, 6.45) is 0. The van der Waals surface area contributed by atoms with E-state index in [0.717, 1.165) is 15.6 Å². The van der Waals surface area contributed by atoms with Gasteiger partial charge in [0.1, 0.15) is 0 Å². The van der Waals surface area contributed by atoms with E-state index in [4.69, 9.17) is 11.6 Å². The normalized spacial score (nSPS) is 12.7. The van der Waals surface area contributed by atoms with Gasteiger partial charge in [0.2, 0.25) is 0 Å². The van der Waals surface area contributed by atoms with Crippen LogP contribution >= 0.6 is 22.9 Å². The van der Waals surface area contributed by atoms with E-state index in [9.17, 15) is 4.79 Å². The van der Waals surface area contributed by atoms with E-state index < -0.39 is 11.3 Å². The second kappa shape index (κ2) is 4.21. The molecular formula is C11H9ClO2S. The van der Waals surface area contributed by atoms with Crippen molar-refractivity contribution in [1.29, 1.82) is 0 Å². The van der Waals surface area contributed by atoms with Gasteiger partial charge in [-0.25, -0.2) is 0 Å². The average Bonchev–Trinajstić information content (AvgIpc) is 2.70. The van der Waals surface area contributed by atoms with E-state index in [1.54, 1.807) is 11.3 Å². The summed E-state index contributed by atoms with van der Waals surface area (Å²) in [6.45, 7) is 0. The van der Waals surface area contributed by atoms with Crippen LogP contribution in [-0.4, -0.2) is 13.1 Å². The summed E-state index contributed by atoms with van der Waals surface area (Å²) >= 11 is 7.59. The Kier molecular flexibility index (Phi) is 2.93.